The van der Waals surface area contributed by atoms with E-state index in [1.54, 1.807) is 12.1 Å². The summed E-state index contributed by atoms with van der Waals surface area (Å²) < 4.78 is 4.46. The minimum atomic E-state index is -1.16. The van der Waals surface area contributed by atoms with Crippen molar-refractivity contribution in [1.82, 2.24) is 0 Å². The van der Waals surface area contributed by atoms with Gasteiger partial charge in [-0.15, -0.1) is 0 Å². The first-order valence-corrected chi connectivity index (χ1v) is 6.08. The van der Waals surface area contributed by atoms with E-state index in [1.165, 1.54) is 18.2 Å². The monoisotopic (exact) mass is 293 g/mol. The van der Waals surface area contributed by atoms with Crippen molar-refractivity contribution in [1.29, 1.82) is 0 Å². The third kappa shape index (κ3) is 6.35. The maximum atomic E-state index is 11.4. The molecule has 0 saturated carbocycles. The fraction of sp³-hybridized carbons (Fsp3) is 0.214. The topological polar surface area (TPSA) is 127 Å². The molecule has 0 saturated heterocycles. The third-order valence-corrected chi connectivity index (χ3v) is 2.48. The van der Waals surface area contributed by atoms with Gasteiger partial charge < -0.3 is 20.7 Å². The number of aromatic hydroxyl groups is 1. The van der Waals surface area contributed by atoms with Crippen molar-refractivity contribution in [2.75, 3.05) is 0 Å². The van der Waals surface area contributed by atoms with E-state index in [0.29, 0.717) is 5.56 Å². The number of hydrogen-bond acceptors (Lipinski definition) is 6. The molecule has 1 aromatic rings. The smallest absolute Gasteiger partial charge is 0.338 e. The fourth-order valence-corrected chi connectivity index (χ4v) is 1.36. The Balaban J connectivity index is 2.47. The van der Waals surface area contributed by atoms with Crippen molar-refractivity contribution in [3.8, 4) is 5.75 Å². The molecule has 1 aromatic carbocycles. The normalized spacial score (nSPS) is 12.0. The van der Waals surface area contributed by atoms with Crippen LogP contribution in [0.4, 0.5) is 0 Å². The van der Waals surface area contributed by atoms with E-state index in [2.05, 4.69) is 4.74 Å². The number of hydrogen-bond donors (Lipinski definition) is 3. The molecule has 1 atom stereocenters. The van der Waals surface area contributed by atoms with E-state index in [1.807, 2.05) is 0 Å². The lowest BCUT2D eigenvalue weighted by Crippen LogP contribution is -2.33. The van der Waals surface area contributed by atoms with Gasteiger partial charge in [0.2, 0.25) is 0 Å². The van der Waals surface area contributed by atoms with Gasteiger partial charge in [0.25, 0.3) is 0 Å². The molecule has 1 unspecified atom stereocenters. The quantitative estimate of drug-likeness (QED) is 0.399. The van der Waals surface area contributed by atoms with Gasteiger partial charge >= 0.3 is 17.9 Å². The summed E-state index contributed by atoms with van der Waals surface area (Å²) in [6.07, 6.45) is 2.04. The zero-order valence-electron chi connectivity index (χ0n) is 11.1. The van der Waals surface area contributed by atoms with E-state index in [4.69, 9.17) is 15.9 Å². The number of ether oxygens (including phenoxy) is 1. The largest absolute Gasteiger partial charge is 0.508 e. The van der Waals surface area contributed by atoms with Gasteiger partial charge in [0, 0.05) is 12.5 Å². The molecule has 0 fully saturated rings. The molecule has 0 radical (unpaired) electrons. The van der Waals surface area contributed by atoms with Crippen LogP contribution in [0.3, 0.4) is 0 Å². The lowest BCUT2D eigenvalue weighted by atomic mass is 10.2. The number of rotatable bonds is 6. The summed E-state index contributed by atoms with van der Waals surface area (Å²) in [5.41, 5.74) is 6.03. The molecule has 1 rings (SSSR count). The van der Waals surface area contributed by atoms with Crippen LogP contribution in [0.15, 0.2) is 30.3 Å². The molecule has 7 nitrogen and oxygen atoms in total. The predicted molar refractivity (Wildman–Crippen MR) is 73.1 cm³/mol. The van der Waals surface area contributed by atoms with Crippen LogP contribution in [0.1, 0.15) is 18.4 Å². The lowest BCUT2D eigenvalue weighted by molar-refractivity contribution is -0.157. The Morgan fingerprint density at radius 3 is 2.43 bits per heavy atom. The Labute approximate surface area is 120 Å². The number of benzene rings is 1. The van der Waals surface area contributed by atoms with Gasteiger partial charge in [0.15, 0.2) is 0 Å². The van der Waals surface area contributed by atoms with Crippen molar-refractivity contribution in [2.45, 2.75) is 18.9 Å². The van der Waals surface area contributed by atoms with Crippen molar-refractivity contribution >= 4 is 24.0 Å². The van der Waals surface area contributed by atoms with Crippen molar-refractivity contribution in [3.05, 3.63) is 35.9 Å². The molecular weight excluding hydrogens is 278 g/mol. The highest BCUT2D eigenvalue weighted by atomic mass is 16.6. The number of phenolic OH excluding ortho intramolecular Hbond substituents is 1. The number of esters is 2. The molecule has 0 spiro atoms. The second kappa shape index (κ2) is 7.81. The van der Waals surface area contributed by atoms with Gasteiger partial charge in [-0.1, -0.05) is 12.1 Å². The highest BCUT2D eigenvalue weighted by molar-refractivity contribution is 5.96. The van der Waals surface area contributed by atoms with E-state index in [9.17, 15) is 14.4 Å². The van der Waals surface area contributed by atoms with Gasteiger partial charge in [0.1, 0.15) is 11.8 Å². The summed E-state index contributed by atoms with van der Waals surface area (Å²) >= 11 is 0. The molecule has 0 aliphatic heterocycles. The van der Waals surface area contributed by atoms with Crippen LogP contribution in [0.5, 0.6) is 5.75 Å². The molecule has 0 aromatic heterocycles. The molecule has 4 N–H and O–H groups in total. The van der Waals surface area contributed by atoms with Gasteiger partial charge in [-0.25, -0.2) is 9.59 Å². The highest BCUT2D eigenvalue weighted by Gasteiger charge is 2.18. The van der Waals surface area contributed by atoms with Crippen LogP contribution in [0, 0.1) is 0 Å². The average Bonchev–Trinajstić information content (AvgIpc) is 2.44. The molecule has 0 bridgehead atoms. The van der Waals surface area contributed by atoms with Crippen LogP contribution in [0.2, 0.25) is 0 Å². The summed E-state index contributed by atoms with van der Waals surface area (Å²) in [6.45, 7) is 0. The van der Waals surface area contributed by atoms with Gasteiger partial charge in [-0.2, -0.15) is 0 Å². The second-order valence-electron chi connectivity index (χ2n) is 4.20. The zero-order chi connectivity index (χ0) is 15.8. The van der Waals surface area contributed by atoms with Crippen molar-refractivity contribution in [3.63, 3.8) is 0 Å². The minimum Gasteiger partial charge on any atom is -0.508 e. The SMILES string of the molecule is NC(CCC(=O)O)C(=O)OC(=O)/C=C/c1ccc(O)cc1. The Hall–Kier alpha value is -2.67. The number of aliphatic carboxylic acids is 1. The summed E-state index contributed by atoms with van der Waals surface area (Å²) in [7, 11) is 0. The van der Waals surface area contributed by atoms with E-state index >= 15 is 0 Å². The molecule has 0 heterocycles. The van der Waals surface area contributed by atoms with E-state index in [0.717, 1.165) is 6.08 Å². The number of carbonyl (C=O) groups is 3. The van der Waals surface area contributed by atoms with Crippen LogP contribution in [0.25, 0.3) is 6.08 Å². The summed E-state index contributed by atoms with van der Waals surface area (Å²) in [5.74, 6) is -2.87. The predicted octanol–water partition coefficient (Wildman–Crippen LogP) is 0.667. The maximum Gasteiger partial charge on any atom is 0.338 e. The third-order valence-electron chi connectivity index (χ3n) is 2.48. The Bertz CT molecular complexity index is 549. The van der Waals surface area contributed by atoms with E-state index < -0.39 is 23.9 Å². The van der Waals surface area contributed by atoms with E-state index in [-0.39, 0.29) is 18.6 Å². The molecule has 7 heteroatoms. The molecular formula is C14H15NO6. The number of carbonyl (C=O) groups excluding carboxylic acids is 2. The highest BCUT2D eigenvalue weighted by Crippen LogP contribution is 2.10. The second-order valence-corrected chi connectivity index (χ2v) is 4.20. The average molecular weight is 293 g/mol. The first-order valence-electron chi connectivity index (χ1n) is 6.08. The maximum absolute atomic E-state index is 11.4. The Morgan fingerprint density at radius 1 is 1.24 bits per heavy atom. The fourth-order valence-electron chi connectivity index (χ4n) is 1.36. The zero-order valence-corrected chi connectivity index (χ0v) is 11.1. The number of phenols is 1. The molecule has 0 aliphatic carbocycles. The molecule has 0 amide bonds. The van der Waals surface area contributed by atoms with Crippen LogP contribution in [-0.2, 0) is 19.1 Å². The van der Waals surface area contributed by atoms with Crippen molar-refractivity contribution in [2.24, 2.45) is 5.73 Å². The van der Waals surface area contributed by atoms with Crippen LogP contribution in [-0.4, -0.2) is 34.2 Å². The van der Waals surface area contributed by atoms with Gasteiger partial charge in [0.05, 0.1) is 0 Å². The summed E-state index contributed by atoms with van der Waals surface area (Å²) in [6, 6.07) is 4.86. The van der Waals surface area contributed by atoms with Crippen LogP contribution < -0.4 is 5.73 Å². The van der Waals surface area contributed by atoms with Gasteiger partial charge in [-0.05, 0) is 30.2 Å². The first-order chi connectivity index (χ1) is 9.88. The summed E-state index contributed by atoms with van der Waals surface area (Å²) in [4.78, 5) is 33.1. The Kier molecular flexibility index (Phi) is 6.09. The van der Waals surface area contributed by atoms with Crippen molar-refractivity contribution < 1.29 is 29.3 Å². The standard InChI is InChI=1S/C14H15NO6/c15-11(6-7-12(17)18)14(20)21-13(19)8-3-9-1-4-10(16)5-2-9/h1-5,8,11,16H,6-7,15H2,(H,17,18)/b8-3+. The number of carboxylic acid groups (broad SMARTS) is 1. The molecule has 112 valence electrons. The first kappa shape index (κ1) is 16.4. The number of carboxylic acids is 1. The molecule has 21 heavy (non-hydrogen) atoms. The molecule has 0 aliphatic rings. The lowest BCUT2D eigenvalue weighted by Gasteiger charge is -2.07. The summed E-state index contributed by atoms with van der Waals surface area (Å²) in [5, 5.41) is 17.5. The number of nitrogens with two attached hydrogens (primary N) is 1. The van der Waals surface area contributed by atoms with Gasteiger partial charge in [-0.3, -0.25) is 4.79 Å². The van der Waals surface area contributed by atoms with Crippen LogP contribution >= 0.6 is 0 Å². The Morgan fingerprint density at radius 2 is 1.86 bits per heavy atom. The minimum absolute atomic E-state index is 0.0920.